The van der Waals surface area contributed by atoms with Gasteiger partial charge in [-0.25, -0.2) is 4.57 Å². The van der Waals surface area contributed by atoms with E-state index in [2.05, 4.69) is 5.32 Å². The van der Waals surface area contributed by atoms with Crippen LogP contribution in [0.15, 0.2) is 91.0 Å². The molecule has 1 unspecified atom stereocenters. The summed E-state index contributed by atoms with van der Waals surface area (Å²) in [5.74, 6) is -0.635. The van der Waals surface area contributed by atoms with Crippen LogP contribution in [0.2, 0.25) is 0 Å². The second-order valence-corrected chi connectivity index (χ2v) is 10.9. The minimum atomic E-state index is -4.00. The number of hydrogen-bond acceptors (Lipinski definition) is 6. The first-order valence-electron chi connectivity index (χ1n) is 13.0. The summed E-state index contributed by atoms with van der Waals surface area (Å²) in [6.45, 7) is 3.22. The predicted octanol–water partition coefficient (Wildman–Crippen LogP) is 6.58. The molecule has 0 aliphatic carbocycles. The Morgan fingerprint density at radius 2 is 1.32 bits per heavy atom. The summed E-state index contributed by atoms with van der Waals surface area (Å²) in [6, 6.07) is 26.9. The van der Waals surface area contributed by atoms with Gasteiger partial charge < -0.3 is 19.1 Å². The van der Waals surface area contributed by atoms with Crippen molar-refractivity contribution in [3.63, 3.8) is 0 Å². The van der Waals surface area contributed by atoms with Crippen LogP contribution in [-0.4, -0.2) is 30.7 Å². The number of ether oxygens (including phenoxy) is 1. The number of carbonyl (C=O) groups excluding carboxylic acids is 2. The highest BCUT2D eigenvalue weighted by molar-refractivity contribution is 7.55. The Kier molecular flexibility index (Phi) is 12.1. The van der Waals surface area contributed by atoms with E-state index >= 15 is 0 Å². The van der Waals surface area contributed by atoms with Crippen molar-refractivity contribution < 1.29 is 27.9 Å². The highest BCUT2D eigenvalue weighted by atomic mass is 31.2. The van der Waals surface area contributed by atoms with Gasteiger partial charge in [-0.1, -0.05) is 66.7 Å². The number of ketones is 1. The first-order chi connectivity index (χ1) is 18.5. The van der Waals surface area contributed by atoms with Crippen molar-refractivity contribution in [3.8, 4) is 11.5 Å². The molecule has 0 bridgehead atoms. The standard InChI is InChI=1S/C30H36NO6P/c1-2-35-23-13-12-16-26(32)21-22-29(33)31-30(24-25-14-6-3-7-15-25)38(34,36-27-17-8-4-9-18-27)37-28-19-10-5-11-20-28/h3-11,14-15,17-20,30H,2,12-13,16,21-24H2,1H3,(H,31,33). The highest BCUT2D eigenvalue weighted by Crippen LogP contribution is 2.53. The van der Waals surface area contributed by atoms with E-state index in [0.717, 1.165) is 18.4 Å². The van der Waals surface area contributed by atoms with E-state index < -0.39 is 13.4 Å². The van der Waals surface area contributed by atoms with E-state index in [9.17, 15) is 14.2 Å². The van der Waals surface area contributed by atoms with Gasteiger partial charge in [0.15, 0.2) is 5.78 Å². The van der Waals surface area contributed by atoms with Crippen molar-refractivity contribution >= 4 is 19.3 Å². The fraction of sp³-hybridized carbons (Fsp3) is 0.333. The smallest absolute Gasteiger partial charge is 0.415 e. The van der Waals surface area contributed by atoms with Crippen molar-refractivity contribution in [2.75, 3.05) is 13.2 Å². The number of unbranched alkanes of at least 4 members (excludes halogenated alkanes) is 1. The van der Waals surface area contributed by atoms with Gasteiger partial charge in [0.05, 0.1) is 0 Å². The van der Waals surface area contributed by atoms with Crippen molar-refractivity contribution in [1.29, 1.82) is 0 Å². The highest BCUT2D eigenvalue weighted by Gasteiger charge is 2.40. The number of benzene rings is 3. The van der Waals surface area contributed by atoms with Gasteiger partial charge in [-0.3, -0.25) is 9.59 Å². The van der Waals surface area contributed by atoms with Crippen LogP contribution in [0, 0.1) is 0 Å². The molecule has 0 saturated heterocycles. The van der Waals surface area contributed by atoms with Crippen LogP contribution >= 0.6 is 7.60 Å². The first-order valence-corrected chi connectivity index (χ1v) is 14.6. The molecule has 0 aliphatic rings. The number of nitrogens with one attached hydrogen (secondary N) is 1. The summed E-state index contributed by atoms with van der Waals surface area (Å²) in [4.78, 5) is 25.3. The molecule has 8 heteroatoms. The van der Waals surface area contributed by atoms with E-state index in [4.69, 9.17) is 13.8 Å². The van der Waals surface area contributed by atoms with Gasteiger partial charge in [0.25, 0.3) is 0 Å². The zero-order valence-electron chi connectivity index (χ0n) is 21.8. The number of hydrogen-bond donors (Lipinski definition) is 1. The van der Waals surface area contributed by atoms with Gasteiger partial charge in [0.1, 0.15) is 17.3 Å². The van der Waals surface area contributed by atoms with Crippen LogP contribution in [0.5, 0.6) is 11.5 Å². The van der Waals surface area contributed by atoms with Crippen molar-refractivity contribution in [2.24, 2.45) is 0 Å². The molecule has 0 spiro atoms. The molecule has 0 saturated carbocycles. The maximum atomic E-state index is 14.4. The molecule has 0 fully saturated rings. The van der Waals surface area contributed by atoms with Crippen LogP contribution in [0.3, 0.4) is 0 Å². The van der Waals surface area contributed by atoms with E-state index in [1.807, 2.05) is 49.4 Å². The van der Waals surface area contributed by atoms with Gasteiger partial charge >= 0.3 is 7.60 Å². The topological polar surface area (TPSA) is 90.9 Å². The third-order valence-corrected chi connectivity index (χ3v) is 7.77. The lowest BCUT2D eigenvalue weighted by Gasteiger charge is -2.28. The Morgan fingerprint density at radius 3 is 1.87 bits per heavy atom. The molecule has 0 aromatic heterocycles. The zero-order valence-corrected chi connectivity index (χ0v) is 22.7. The largest absolute Gasteiger partial charge is 0.453 e. The Morgan fingerprint density at radius 1 is 0.763 bits per heavy atom. The molecular weight excluding hydrogens is 501 g/mol. The molecule has 202 valence electrons. The van der Waals surface area contributed by atoms with Crippen LogP contribution in [-0.2, 0) is 25.3 Å². The van der Waals surface area contributed by atoms with Crippen LogP contribution < -0.4 is 14.4 Å². The monoisotopic (exact) mass is 537 g/mol. The molecule has 38 heavy (non-hydrogen) atoms. The predicted molar refractivity (Wildman–Crippen MR) is 148 cm³/mol. The fourth-order valence-corrected chi connectivity index (χ4v) is 5.65. The molecule has 3 aromatic rings. The maximum absolute atomic E-state index is 14.4. The summed E-state index contributed by atoms with van der Waals surface area (Å²) in [5.41, 5.74) is 0.858. The third kappa shape index (κ3) is 10.2. The molecule has 0 radical (unpaired) electrons. The number of carbonyl (C=O) groups is 2. The van der Waals surface area contributed by atoms with Gasteiger partial charge in [0, 0.05) is 38.9 Å². The van der Waals surface area contributed by atoms with E-state index in [1.165, 1.54) is 0 Å². The Bertz CT molecular complexity index is 1110. The third-order valence-electron chi connectivity index (χ3n) is 5.76. The molecule has 3 aromatic carbocycles. The van der Waals surface area contributed by atoms with E-state index in [0.29, 0.717) is 31.1 Å². The van der Waals surface area contributed by atoms with Gasteiger partial charge in [-0.2, -0.15) is 0 Å². The summed E-state index contributed by atoms with van der Waals surface area (Å²) in [6.07, 6.45) is 2.26. The normalized spacial score (nSPS) is 11.9. The minimum Gasteiger partial charge on any atom is -0.415 e. The molecule has 1 atom stereocenters. The Labute approximate surface area is 225 Å². The number of amides is 1. The lowest BCUT2D eigenvalue weighted by atomic mass is 10.1. The summed E-state index contributed by atoms with van der Waals surface area (Å²) < 4.78 is 31.7. The SMILES string of the molecule is CCOCCCCC(=O)CCC(=O)NC(Cc1ccccc1)P(=O)(Oc1ccccc1)Oc1ccccc1. The van der Waals surface area contributed by atoms with Crippen LogP contribution in [0.1, 0.15) is 44.6 Å². The molecule has 7 nitrogen and oxygen atoms in total. The first kappa shape index (κ1) is 29.2. The lowest BCUT2D eigenvalue weighted by molar-refractivity contribution is -0.125. The van der Waals surface area contributed by atoms with Crippen LogP contribution in [0.25, 0.3) is 0 Å². The Balaban J connectivity index is 1.75. The van der Waals surface area contributed by atoms with Gasteiger partial charge in [-0.15, -0.1) is 0 Å². The number of rotatable bonds is 17. The molecule has 1 amide bonds. The molecule has 3 rings (SSSR count). The molecule has 1 N–H and O–H groups in total. The average Bonchev–Trinajstić information content (AvgIpc) is 2.93. The molecule has 0 aliphatic heterocycles. The number of para-hydroxylation sites is 2. The maximum Gasteiger partial charge on any atom is 0.453 e. The minimum absolute atomic E-state index is 0.00768. The fourth-order valence-electron chi connectivity index (χ4n) is 3.79. The second kappa shape index (κ2) is 15.8. The van der Waals surface area contributed by atoms with Gasteiger partial charge in [-0.05, 0) is 49.6 Å². The Hall–Kier alpha value is -3.41. The van der Waals surface area contributed by atoms with E-state index in [1.54, 1.807) is 48.5 Å². The second-order valence-electron chi connectivity index (χ2n) is 8.81. The zero-order chi connectivity index (χ0) is 27.1. The van der Waals surface area contributed by atoms with Crippen molar-refractivity contribution in [3.05, 3.63) is 96.6 Å². The van der Waals surface area contributed by atoms with Gasteiger partial charge in [0.2, 0.25) is 5.91 Å². The van der Waals surface area contributed by atoms with Crippen molar-refractivity contribution in [1.82, 2.24) is 5.32 Å². The lowest BCUT2D eigenvalue weighted by Crippen LogP contribution is -2.39. The quantitative estimate of drug-likeness (QED) is 0.155. The number of Topliss-reactive ketones (excluding diaryl/α,β-unsaturated/α-hetero) is 1. The van der Waals surface area contributed by atoms with Crippen LogP contribution in [0.4, 0.5) is 0 Å². The van der Waals surface area contributed by atoms with E-state index in [-0.39, 0.29) is 31.0 Å². The molecule has 0 heterocycles. The summed E-state index contributed by atoms with van der Waals surface area (Å²) >= 11 is 0. The summed E-state index contributed by atoms with van der Waals surface area (Å²) in [7, 11) is -4.00. The average molecular weight is 538 g/mol. The molecular formula is C30H36NO6P. The van der Waals surface area contributed by atoms with Crippen molar-refractivity contribution in [2.45, 2.75) is 51.2 Å². The summed E-state index contributed by atoms with van der Waals surface area (Å²) in [5, 5.41) is 2.86.